The van der Waals surface area contributed by atoms with Crippen LogP contribution in [0.15, 0.2) is 30.3 Å². The first-order valence-electron chi connectivity index (χ1n) is 4.97. The molecule has 4 nitrogen and oxygen atoms in total. The third-order valence-electron chi connectivity index (χ3n) is 2.26. The minimum Gasteiger partial charge on any atom is -0.419 e. The molecule has 0 saturated carbocycles. The zero-order valence-corrected chi connectivity index (χ0v) is 9.15. The van der Waals surface area contributed by atoms with Crippen LogP contribution in [0.4, 0.5) is 0 Å². The minimum absolute atomic E-state index is 0.367. The lowest BCUT2D eigenvalue weighted by Gasteiger charge is -2.03. The molecule has 1 aromatic carbocycles. The van der Waals surface area contributed by atoms with Gasteiger partial charge in [-0.05, 0) is 26.0 Å². The highest BCUT2D eigenvalue weighted by molar-refractivity contribution is 5.91. The summed E-state index contributed by atoms with van der Waals surface area (Å²) in [5, 5.41) is 6.73. The molecule has 1 aromatic heterocycles. The predicted molar refractivity (Wildman–Crippen MR) is 59.5 cm³/mol. The van der Waals surface area contributed by atoms with Crippen molar-refractivity contribution in [1.82, 2.24) is 10.2 Å². The Morgan fingerprint density at radius 2 is 1.94 bits per heavy atom. The third-order valence-corrected chi connectivity index (χ3v) is 2.26. The summed E-state index contributed by atoms with van der Waals surface area (Å²) in [4.78, 5) is 11.8. The molecule has 0 aliphatic rings. The van der Waals surface area contributed by atoms with Crippen LogP contribution in [0.3, 0.4) is 0 Å². The van der Waals surface area contributed by atoms with Crippen molar-refractivity contribution in [1.29, 1.82) is 0 Å². The molecular formula is C12H12N2O2. The number of hydrogen-bond donors (Lipinski definition) is 1. The van der Waals surface area contributed by atoms with Crippen molar-refractivity contribution >= 4 is 5.97 Å². The molecule has 2 rings (SSSR count). The number of H-pyrrole nitrogens is 1. The van der Waals surface area contributed by atoms with E-state index in [0.717, 1.165) is 5.69 Å². The van der Waals surface area contributed by atoms with Crippen LogP contribution in [0, 0.1) is 13.8 Å². The number of nitrogens with zero attached hydrogens (tertiary/aromatic N) is 1. The predicted octanol–water partition coefficient (Wildman–Crippen LogP) is 2.25. The molecule has 0 radical (unpaired) electrons. The van der Waals surface area contributed by atoms with E-state index in [1.807, 2.05) is 13.0 Å². The number of ether oxygens (including phenoxy) is 1. The number of aryl methyl sites for hydroxylation is 2. The quantitative estimate of drug-likeness (QED) is 0.783. The highest BCUT2D eigenvalue weighted by Gasteiger charge is 2.13. The molecule has 82 valence electrons. The Bertz CT molecular complexity index is 483. The molecule has 0 aliphatic heterocycles. The van der Waals surface area contributed by atoms with Crippen LogP contribution >= 0.6 is 0 Å². The summed E-state index contributed by atoms with van der Waals surface area (Å²) in [6.45, 7) is 3.60. The van der Waals surface area contributed by atoms with E-state index >= 15 is 0 Å². The fraction of sp³-hybridized carbons (Fsp3) is 0.167. The lowest BCUT2D eigenvalue weighted by Crippen LogP contribution is -2.09. The molecule has 0 atom stereocenters. The van der Waals surface area contributed by atoms with Crippen molar-refractivity contribution in [3.8, 4) is 5.75 Å². The van der Waals surface area contributed by atoms with Crippen molar-refractivity contribution in [2.24, 2.45) is 0 Å². The van der Waals surface area contributed by atoms with Crippen LogP contribution in [0.1, 0.15) is 21.7 Å². The standard InChI is InChI=1S/C12H12N2O2/c1-8-11(9(2)14-13-8)16-12(15)10-6-4-3-5-7-10/h3-7H,1-2H3,(H,13,14). The number of carbonyl (C=O) groups excluding carboxylic acids is 1. The van der Waals surface area contributed by atoms with Crippen molar-refractivity contribution in [3.05, 3.63) is 47.3 Å². The first-order valence-corrected chi connectivity index (χ1v) is 4.97. The first-order chi connectivity index (χ1) is 7.68. The normalized spacial score (nSPS) is 10.1. The molecule has 1 N–H and O–H groups in total. The summed E-state index contributed by atoms with van der Waals surface area (Å²) in [6, 6.07) is 8.88. The first kappa shape index (κ1) is 10.4. The number of hydrogen-bond acceptors (Lipinski definition) is 3. The van der Waals surface area contributed by atoms with Gasteiger partial charge in [0.2, 0.25) is 0 Å². The summed E-state index contributed by atoms with van der Waals surface area (Å²) in [5.74, 6) is 0.141. The second kappa shape index (κ2) is 4.18. The molecule has 0 aliphatic carbocycles. The number of rotatable bonds is 2. The molecule has 0 saturated heterocycles. The Morgan fingerprint density at radius 1 is 1.25 bits per heavy atom. The Balaban J connectivity index is 2.21. The molecule has 0 bridgehead atoms. The van der Waals surface area contributed by atoms with Crippen molar-refractivity contribution in [3.63, 3.8) is 0 Å². The smallest absolute Gasteiger partial charge is 0.343 e. The van der Waals surface area contributed by atoms with Gasteiger partial charge in [-0.2, -0.15) is 5.10 Å². The minimum atomic E-state index is -0.367. The number of aromatic amines is 1. The highest BCUT2D eigenvalue weighted by atomic mass is 16.5. The molecule has 0 spiro atoms. The average Bonchev–Trinajstić information content (AvgIpc) is 2.62. The van der Waals surface area contributed by atoms with Crippen LogP contribution < -0.4 is 4.74 Å². The maximum absolute atomic E-state index is 11.8. The van der Waals surface area contributed by atoms with Gasteiger partial charge in [0.25, 0.3) is 0 Å². The van der Waals surface area contributed by atoms with Gasteiger partial charge in [-0.1, -0.05) is 18.2 Å². The molecule has 2 aromatic rings. The van der Waals surface area contributed by atoms with Crippen molar-refractivity contribution in [2.45, 2.75) is 13.8 Å². The summed E-state index contributed by atoms with van der Waals surface area (Å²) < 4.78 is 5.27. The van der Waals surface area contributed by atoms with Gasteiger partial charge in [0.1, 0.15) is 5.69 Å². The van der Waals surface area contributed by atoms with Gasteiger partial charge < -0.3 is 4.74 Å². The van der Waals surface area contributed by atoms with E-state index in [9.17, 15) is 4.79 Å². The van der Waals surface area contributed by atoms with E-state index in [2.05, 4.69) is 10.2 Å². The van der Waals surface area contributed by atoms with E-state index in [1.165, 1.54) is 0 Å². The number of nitrogens with one attached hydrogen (secondary N) is 1. The van der Waals surface area contributed by atoms with E-state index in [0.29, 0.717) is 17.0 Å². The van der Waals surface area contributed by atoms with Gasteiger partial charge in [-0.15, -0.1) is 0 Å². The van der Waals surface area contributed by atoms with Crippen LogP contribution in [-0.4, -0.2) is 16.2 Å². The molecule has 16 heavy (non-hydrogen) atoms. The highest BCUT2D eigenvalue weighted by Crippen LogP contribution is 2.20. The molecular weight excluding hydrogens is 204 g/mol. The summed E-state index contributed by atoms with van der Waals surface area (Å²) in [5.41, 5.74) is 1.96. The van der Waals surface area contributed by atoms with E-state index in [1.54, 1.807) is 31.2 Å². The maximum atomic E-state index is 11.8. The Labute approximate surface area is 93.3 Å². The number of benzene rings is 1. The van der Waals surface area contributed by atoms with Gasteiger partial charge in [-0.25, -0.2) is 4.79 Å². The number of aromatic nitrogens is 2. The third kappa shape index (κ3) is 1.95. The molecule has 0 unspecified atom stereocenters. The summed E-state index contributed by atoms with van der Waals surface area (Å²) in [6.07, 6.45) is 0. The second-order valence-electron chi connectivity index (χ2n) is 3.52. The van der Waals surface area contributed by atoms with E-state index in [4.69, 9.17) is 4.74 Å². The second-order valence-corrected chi connectivity index (χ2v) is 3.52. The average molecular weight is 216 g/mol. The summed E-state index contributed by atoms with van der Waals surface area (Å²) in [7, 11) is 0. The largest absolute Gasteiger partial charge is 0.419 e. The fourth-order valence-corrected chi connectivity index (χ4v) is 1.42. The van der Waals surface area contributed by atoms with Gasteiger partial charge >= 0.3 is 5.97 Å². The van der Waals surface area contributed by atoms with Crippen molar-refractivity contribution < 1.29 is 9.53 Å². The number of esters is 1. The Morgan fingerprint density at radius 3 is 2.50 bits per heavy atom. The molecule has 0 amide bonds. The zero-order valence-electron chi connectivity index (χ0n) is 9.15. The van der Waals surface area contributed by atoms with Crippen LogP contribution in [0.5, 0.6) is 5.75 Å². The molecule has 4 heteroatoms. The van der Waals surface area contributed by atoms with E-state index in [-0.39, 0.29) is 5.97 Å². The lowest BCUT2D eigenvalue weighted by atomic mass is 10.2. The maximum Gasteiger partial charge on any atom is 0.343 e. The van der Waals surface area contributed by atoms with Gasteiger partial charge in [-0.3, -0.25) is 5.10 Å². The van der Waals surface area contributed by atoms with Gasteiger partial charge in [0.05, 0.1) is 11.3 Å². The Kier molecular flexibility index (Phi) is 2.72. The SMILES string of the molecule is Cc1n[nH]c(C)c1OC(=O)c1ccccc1. The lowest BCUT2D eigenvalue weighted by molar-refractivity contribution is 0.0732. The van der Waals surface area contributed by atoms with Gasteiger partial charge in [0.15, 0.2) is 5.75 Å². The fourth-order valence-electron chi connectivity index (χ4n) is 1.42. The van der Waals surface area contributed by atoms with Crippen molar-refractivity contribution in [2.75, 3.05) is 0 Å². The van der Waals surface area contributed by atoms with Gasteiger partial charge in [0, 0.05) is 0 Å². The summed E-state index contributed by atoms with van der Waals surface area (Å²) >= 11 is 0. The monoisotopic (exact) mass is 216 g/mol. The molecule has 1 heterocycles. The van der Waals surface area contributed by atoms with Crippen LogP contribution in [0.2, 0.25) is 0 Å². The zero-order chi connectivity index (χ0) is 11.5. The van der Waals surface area contributed by atoms with E-state index < -0.39 is 0 Å². The Hall–Kier alpha value is -2.10. The topological polar surface area (TPSA) is 55.0 Å². The van der Waals surface area contributed by atoms with Crippen LogP contribution in [0.25, 0.3) is 0 Å². The molecule has 0 fully saturated rings. The number of carbonyl (C=O) groups is 1. The van der Waals surface area contributed by atoms with Crippen LogP contribution in [-0.2, 0) is 0 Å².